The van der Waals surface area contributed by atoms with E-state index >= 15 is 0 Å². The van der Waals surface area contributed by atoms with Crippen LogP contribution in [0.25, 0.3) is 0 Å². The summed E-state index contributed by atoms with van der Waals surface area (Å²) in [6, 6.07) is 9.15. The molecule has 0 aromatic heterocycles. The zero-order valence-electron chi connectivity index (χ0n) is 11.2. The molecular formula is C18H22. The molecule has 0 radical (unpaired) electrons. The smallest absolute Gasteiger partial charge is 0.00960 e. The lowest BCUT2D eigenvalue weighted by Crippen LogP contribution is -2.19. The van der Waals surface area contributed by atoms with E-state index in [0.29, 0.717) is 0 Å². The number of benzene rings is 1. The van der Waals surface area contributed by atoms with Gasteiger partial charge in [0.2, 0.25) is 0 Å². The summed E-state index contributed by atoms with van der Waals surface area (Å²) in [6.07, 6.45) is 13.6. The van der Waals surface area contributed by atoms with E-state index in [4.69, 9.17) is 0 Å². The van der Waals surface area contributed by atoms with Gasteiger partial charge in [0.25, 0.3) is 0 Å². The van der Waals surface area contributed by atoms with E-state index in [9.17, 15) is 0 Å². The van der Waals surface area contributed by atoms with Gasteiger partial charge < -0.3 is 0 Å². The van der Waals surface area contributed by atoms with Crippen molar-refractivity contribution in [3.63, 3.8) is 0 Å². The molecule has 1 fully saturated rings. The zero-order valence-corrected chi connectivity index (χ0v) is 11.2. The van der Waals surface area contributed by atoms with E-state index in [2.05, 4.69) is 49.4 Å². The summed E-state index contributed by atoms with van der Waals surface area (Å²) in [7, 11) is 0. The van der Waals surface area contributed by atoms with Crippen molar-refractivity contribution in [2.75, 3.05) is 0 Å². The van der Waals surface area contributed by atoms with Crippen molar-refractivity contribution < 1.29 is 0 Å². The van der Waals surface area contributed by atoms with E-state index < -0.39 is 0 Å². The molecule has 0 saturated heterocycles. The van der Waals surface area contributed by atoms with Crippen molar-refractivity contribution in [2.45, 2.75) is 44.9 Å². The molecule has 0 N–H and O–H groups in total. The zero-order chi connectivity index (χ0) is 12.4. The Hall–Kier alpha value is -1.30. The maximum atomic E-state index is 2.39. The maximum Gasteiger partial charge on any atom is -0.00960 e. The molecule has 0 heterocycles. The van der Waals surface area contributed by atoms with Crippen LogP contribution in [0.15, 0.2) is 48.1 Å². The van der Waals surface area contributed by atoms with Gasteiger partial charge in [-0.2, -0.15) is 0 Å². The third-order valence-corrected chi connectivity index (χ3v) is 4.51. The quantitative estimate of drug-likeness (QED) is 0.668. The van der Waals surface area contributed by atoms with E-state index in [0.717, 1.165) is 11.8 Å². The van der Waals surface area contributed by atoms with Gasteiger partial charge in [-0.15, -0.1) is 0 Å². The van der Waals surface area contributed by atoms with Crippen molar-refractivity contribution in [3.8, 4) is 0 Å². The molecule has 1 saturated carbocycles. The second kappa shape index (κ2) is 5.14. The molecule has 0 spiro atoms. The second-order valence-corrected chi connectivity index (χ2v) is 5.79. The fraction of sp³-hybridized carbons (Fsp3) is 0.444. The van der Waals surface area contributed by atoms with E-state index in [1.807, 2.05) is 0 Å². The molecule has 94 valence electrons. The number of rotatable bonds is 2. The first-order chi connectivity index (χ1) is 8.84. The summed E-state index contributed by atoms with van der Waals surface area (Å²) in [6.45, 7) is 2.21. The van der Waals surface area contributed by atoms with Crippen LogP contribution in [0.5, 0.6) is 0 Å². The average molecular weight is 238 g/mol. The highest BCUT2D eigenvalue weighted by Gasteiger charge is 2.29. The van der Waals surface area contributed by atoms with E-state index in [1.54, 1.807) is 11.1 Å². The van der Waals surface area contributed by atoms with Gasteiger partial charge in [-0.1, -0.05) is 66.5 Å². The third-order valence-electron chi connectivity index (χ3n) is 4.51. The van der Waals surface area contributed by atoms with Crippen molar-refractivity contribution in [3.05, 3.63) is 59.2 Å². The minimum Gasteiger partial charge on any atom is -0.0805 e. The molecular weight excluding hydrogens is 216 g/mol. The highest BCUT2D eigenvalue weighted by molar-refractivity contribution is 5.32. The van der Waals surface area contributed by atoms with Gasteiger partial charge in [0.15, 0.2) is 0 Å². The largest absolute Gasteiger partial charge is 0.0805 e. The van der Waals surface area contributed by atoms with Crippen molar-refractivity contribution >= 4 is 0 Å². The number of allylic oxidation sites excluding steroid dienone is 4. The maximum absolute atomic E-state index is 2.39. The lowest BCUT2D eigenvalue weighted by molar-refractivity contribution is 0.345. The Morgan fingerprint density at radius 2 is 1.89 bits per heavy atom. The fourth-order valence-electron chi connectivity index (χ4n) is 3.61. The number of aryl methyl sites for hydroxylation is 1. The first kappa shape index (κ1) is 11.8. The van der Waals surface area contributed by atoms with Crippen LogP contribution in [0.4, 0.5) is 0 Å². The molecule has 2 aliphatic rings. The molecule has 0 bridgehead atoms. The Balaban J connectivity index is 1.87. The highest BCUT2D eigenvalue weighted by Crippen LogP contribution is 2.43. The monoisotopic (exact) mass is 238 g/mol. The predicted molar refractivity (Wildman–Crippen MR) is 77.7 cm³/mol. The van der Waals surface area contributed by atoms with Gasteiger partial charge in [-0.05, 0) is 43.6 Å². The van der Waals surface area contributed by atoms with Crippen LogP contribution in [-0.4, -0.2) is 0 Å². The number of hydrogen-bond donors (Lipinski definition) is 0. The summed E-state index contributed by atoms with van der Waals surface area (Å²) >= 11 is 0. The topological polar surface area (TPSA) is 0 Å². The summed E-state index contributed by atoms with van der Waals surface area (Å²) in [5.41, 5.74) is 4.63. The van der Waals surface area contributed by atoms with Crippen molar-refractivity contribution in [2.24, 2.45) is 5.92 Å². The molecule has 2 atom stereocenters. The van der Waals surface area contributed by atoms with Crippen LogP contribution in [0, 0.1) is 12.8 Å². The first-order valence-electron chi connectivity index (χ1n) is 7.27. The molecule has 2 aliphatic carbocycles. The lowest BCUT2D eigenvalue weighted by atomic mass is 9.71. The van der Waals surface area contributed by atoms with E-state index in [1.165, 1.54) is 37.7 Å². The first-order valence-corrected chi connectivity index (χ1v) is 7.27. The van der Waals surface area contributed by atoms with Gasteiger partial charge >= 0.3 is 0 Å². The van der Waals surface area contributed by atoms with Crippen LogP contribution in [0.2, 0.25) is 0 Å². The normalized spacial score (nSPS) is 27.3. The third kappa shape index (κ3) is 2.29. The SMILES string of the molecule is Cc1cccc(C2CCCCC2C2=CC=CC2)c1. The molecule has 2 unspecified atom stereocenters. The van der Waals surface area contributed by atoms with Crippen LogP contribution in [-0.2, 0) is 0 Å². The minimum atomic E-state index is 0.754. The average Bonchev–Trinajstić information content (AvgIpc) is 2.92. The Labute approximate surface area is 110 Å². The molecule has 1 aromatic rings. The van der Waals surface area contributed by atoms with Gasteiger partial charge in [-0.3, -0.25) is 0 Å². The predicted octanol–water partition coefficient (Wildman–Crippen LogP) is 5.16. The Bertz CT molecular complexity index is 479. The van der Waals surface area contributed by atoms with Crippen LogP contribution < -0.4 is 0 Å². The summed E-state index contributed by atoms with van der Waals surface area (Å²) < 4.78 is 0. The second-order valence-electron chi connectivity index (χ2n) is 5.79. The van der Waals surface area contributed by atoms with Gasteiger partial charge in [0.1, 0.15) is 0 Å². The molecule has 0 aliphatic heterocycles. The summed E-state index contributed by atoms with van der Waals surface area (Å²) in [5, 5.41) is 0. The minimum absolute atomic E-state index is 0.754. The van der Waals surface area contributed by atoms with Gasteiger partial charge in [0.05, 0.1) is 0 Å². The Morgan fingerprint density at radius 3 is 2.61 bits per heavy atom. The molecule has 1 aromatic carbocycles. The van der Waals surface area contributed by atoms with Gasteiger partial charge in [0, 0.05) is 0 Å². The molecule has 0 nitrogen and oxygen atoms in total. The van der Waals surface area contributed by atoms with E-state index in [-0.39, 0.29) is 0 Å². The Morgan fingerprint density at radius 1 is 1.06 bits per heavy atom. The lowest BCUT2D eigenvalue weighted by Gasteiger charge is -2.33. The standard InChI is InChI=1S/C18H22/c1-14-7-6-10-16(13-14)18-12-5-4-11-17(18)15-8-2-3-9-15/h2-3,6-8,10,13,17-18H,4-5,9,11-12H2,1H3. The molecule has 3 rings (SSSR count). The fourth-order valence-corrected chi connectivity index (χ4v) is 3.61. The number of hydrogen-bond acceptors (Lipinski definition) is 0. The van der Waals surface area contributed by atoms with Crippen molar-refractivity contribution in [1.29, 1.82) is 0 Å². The van der Waals surface area contributed by atoms with Crippen LogP contribution >= 0.6 is 0 Å². The van der Waals surface area contributed by atoms with Gasteiger partial charge in [-0.25, -0.2) is 0 Å². The summed E-state index contributed by atoms with van der Waals surface area (Å²) in [4.78, 5) is 0. The van der Waals surface area contributed by atoms with Crippen LogP contribution in [0.3, 0.4) is 0 Å². The highest BCUT2D eigenvalue weighted by atomic mass is 14.3. The Kier molecular flexibility index (Phi) is 3.36. The molecule has 0 amide bonds. The van der Waals surface area contributed by atoms with Crippen molar-refractivity contribution in [1.82, 2.24) is 0 Å². The van der Waals surface area contributed by atoms with Crippen LogP contribution in [0.1, 0.15) is 49.1 Å². The summed E-state index contributed by atoms with van der Waals surface area (Å²) in [5.74, 6) is 1.54. The molecule has 0 heteroatoms. The molecule has 18 heavy (non-hydrogen) atoms.